The average molecular weight is 212 g/mol. The van der Waals surface area contributed by atoms with Gasteiger partial charge in [0.15, 0.2) is 11.0 Å². The number of thioether (sulfide) groups is 1. The van der Waals surface area contributed by atoms with Crippen molar-refractivity contribution in [3.05, 3.63) is 5.82 Å². The molecule has 0 spiro atoms. The van der Waals surface area contributed by atoms with Crippen LogP contribution in [0.25, 0.3) is 0 Å². The third-order valence-corrected chi connectivity index (χ3v) is 3.71. The van der Waals surface area contributed by atoms with Gasteiger partial charge in [0.25, 0.3) is 0 Å². The fraction of sp³-hybridized carbons (Fsp3) is 0.750. The number of nitrogens with zero attached hydrogens (tertiary/aromatic N) is 3. The Bertz CT molecular complexity index is 353. The monoisotopic (exact) mass is 212 g/mol. The Morgan fingerprint density at radius 3 is 3.21 bits per heavy atom. The van der Waals surface area contributed by atoms with Crippen LogP contribution < -0.4 is 5.32 Å². The van der Waals surface area contributed by atoms with Gasteiger partial charge in [-0.05, 0) is 13.0 Å². The molecule has 0 saturated carbocycles. The van der Waals surface area contributed by atoms with Gasteiger partial charge in [-0.1, -0.05) is 11.8 Å². The number of aliphatic hydroxyl groups excluding tert-OH is 1. The van der Waals surface area contributed by atoms with E-state index < -0.39 is 0 Å². The molecule has 0 aromatic carbocycles. The number of aliphatic hydroxyl groups is 1. The molecule has 1 fully saturated rings. The maximum atomic E-state index is 9.74. The first kappa shape index (κ1) is 8.70. The van der Waals surface area contributed by atoms with Gasteiger partial charge >= 0.3 is 0 Å². The molecule has 0 radical (unpaired) electrons. The van der Waals surface area contributed by atoms with E-state index >= 15 is 0 Å². The number of fused-ring (bicyclic) bond motifs is 1. The molecule has 1 aromatic heterocycles. The van der Waals surface area contributed by atoms with E-state index in [4.69, 9.17) is 0 Å². The van der Waals surface area contributed by atoms with Crippen LogP contribution >= 0.6 is 11.8 Å². The molecule has 5 nitrogen and oxygen atoms in total. The van der Waals surface area contributed by atoms with Gasteiger partial charge in [0.2, 0.25) is 0 Å². The summed E-state index contributed by atoms with van der Waals surface area (Å²) in [5, 5.41) is 22.2. The predicted molar refractivity (Wildman–Crippen MR) is 52.1 cm³/mol. The Morgan fingerprint density at radius 2 is 2.43 bits per heavy atom. The highest BCUT2D eigenvalue weighted by molar-refractivity contribution is 7.99. The molecular formula is C8H12N4OS. The van der Waals surface area contributed by atoms with Gasteiger partial charge in [-0.15, -0.1) is 10.2 Å². The summed E-state index contributed by atoms with van der Waals surface area (Å²) in [6.45, 7) is 1.83. The quantitative estimate of drug-likeness (QED) is 0.674. The number of hydrogen-bond donors (Lipinski definition) is 2. The number of rotatable bonds is 1. The van der Waals surface area contributed by atoms with Crippen molar-refractivity contribution in [2.75, 3.05) is 12.3 Å². The minimum Gasteiger partial charge on any atom is -0.391 e. The molecule has 2 aliphatic rings. The van der Waals surface area contributed by atoms with Crippen LogP contribution in [0.2, 0.25) is 0 Å². The van der Waals surface area contributed by atoms with E-state index in [0.717, 1.165) is 36.2 Å². The third kappa shape index (κ3) is 1.18. The van der Waals surface area contributed by atoms with Crippen molar-refractivity contribution in [1.82, 2.24) is 20.1 Å². The molecule has 3 rings (SSSR count). The van der Waals surface area contributed by atoms with Gasteiger partial charge < -0.3 is 15.0 Å². The molecule has 1 saturated heterocycles. The molecule has 1 aromatic rings. The lowest BCUT2D eigenvalue weighted by Crippen LogP contribution is -2.24. The molecule has 0 aliphatic carbocycles. The van der Waals surface area contributed by atoms with Crippen LogP contribution in [0, 0.1) is 0 Å². The fourth-order valence-electron chi connectivity index (χ4n) is 2.03. The molecule has 3 heterocycles. The Morgan fingerprint density at radius 1 is 1.50 bits per heavy atom. The smallest absolute Gasteiger partial charge is 0.191 e. The zero-order chi connectivity index (χ0) is 9.54. The highest BCUT2D eigenvalue weighted by Gasteiger charge is 2.32. The second-order valence-electron chi connectivity index (χ2n) is 3.63. The summed E-state index contributed by atoms with van der Waals surface area (Å²) < 4.78 is 2.11. The van der Waals surface area contributed by atoms with Crippen LogP contribution in [0.5, 0.6) is 0 Å². The average Bonchev–Trinajstić information content (AvgIpc) is 2.78. The zero-order valence-electron chi connectivity index (χ0n) is 7.68. The normalized spacial score (nSPS) is 30.9. The Labute approximate surface area is 85.9 Å². The Kier molecular flexibility index (Phi) is 2.00. The van der Waals surface area contributed by atoms with E-state index in [0.29, 0.717) is 0 Å². The van der Waals surface area contributed by atoms with Gasteiger partial charge in [-0.2, -0.15) is 0 Å². The van der Waals surface area contributed by atoms with Gasteiger partial charge in [0, 0.05) is 12.3 Å². The highest BCUT2D eigenvalue weighted by Crippen LogP contribution is 2.29. The summed E-state index contributed by atoms with van der Waals surface area (Å²) in [6, 6.07) is -0.0186. The first-order valence-corrected chi connectivity index (χ1v) is 5.82. The maximum absolute atomic E-state index is 9.74. The summed E-state index contributed by atoms with van der Waals surface area (Å²) in [5.74, 6) is 1.97. The molecule has 0 amide bonds. The van der Waals surface area contributed by atoms with E-state index in [9.17, 15) is 5.11 Å². The second kappa shape index (κ2) is 3.22. The largest absolute Gasteiger partial charge is 0.391 e. The van der Waals surface area contributed by atoms with E-state index in [1.54, 1.807) is 11.8 Å². The minimum atomic E-state index is -0.311. The minimum absolute atomic E-state index is 0.0186. The SMILES string of the molecule is OC1CCNC1c1nnc2n1CCS2. The van der Waals surface area contributed by atoms with Crippen LogP contribution in [-0.4, -0.2) is 38.3 Å². The molecule has 2 unspecified atom stereocenters. The Hall–Kier alpha value is -0.590. The van der Waals surface area contributed by atoms with Gasteiger partial charge in [-0.25, -0.2) is 0 Å². The summed E-state index contributed by atoms with van der Waals surface area (Å²) in [7, 11) is 0. The maximum Gasteiger partial charge on any atom is 0.191 e. The molecular weight excluding hydrogens is 200 g/mol. The standard InChI is InChI=1S/C8H12N4OS/c13-5-1-2-9-6(5)7-10-11-8-12(7)3-4-14-8/h5-6,9,13H,1-4H2. The van der Waals surface area contributed by atoms with Crippen LogP contribution in [0.1, 0.15) is 18.3 Å². The van der Waals surface area contributed by atoms with E-state index in [1.165, 1.54) is 0 Å². The molecule has 76 valence electrons. The van der Waals surface area contributed by atoms with Crippen molar-refractivity contribution in [1.29, 1.82) is 0 Å². The topological polar surface area (TPSA) is 63.0 Å². The van der Waals surface area contributed by atoms with Crippen molar-refractivity contribution < 1.29 is 5.11 Å². The summed E-state index contributed by atoms with van der Waals surface area (Å²) in [4.78, 5) is 0. The van der Waals surface area contributed by atoms with Crippen LogP contribution in [0.15, 0.2) is 5.16 Å². The second-order valence-corrected chi connectivity index (χ2v) is 4.69. The first-order valence-electron chi connectivity index (χ1n) is 4.83. The van der Waals surface area contributed by atoms with Crippen molar-refractivity contribution >= 4 is 11.8 Å². The molecule has 14 heavy (non-hydrogen) atoms. The van der Waals surface area contributed by atoms with E-state index in [2.05, 4.69) is 20.1 Å². The third-order valence-electron chi connectivity index (χ3n) is 2.76. The molecule has 2 atom stereocenters. The fourth-order valence-corrected chi connectivity index (χ4v) is 2.92. The van der Waals surface area contributed by atoms with Gasteiger partial charge in [0.1, 0.15) is 0 Å². The van der Waals surface area contributed by atoms with Crippen molar-refractivity contribution in [2.24, 2.45) is 0 Å². The van der Waals surface area contributed by atoms with Crippen molar-refractivity contribution in [2.45, 2.75) is 30.3 Å². The van der Waals surface area contributed by atoms with Gasteiger partial charge in [0.05, 0.1) is 12.1 Å². The van der Waals surface area contributed by atoms with Crippen LogP contribution in [-0.2, 0) is 6.54 Å². The summed E-state index contributed by atoms with van der Waals surface area (Å²) >= 11 is 1.73. The summed E-state index contributed by atoms with van der Waals surface area (Å²) in [5.41, 5.74) is 0. The first-order chi connectivity index (χ1) is 6.86. The molecule has 0 bridgehead atoms. The highest BCUT2D eigenvalue weighted by atomic mass is 32.2. The lowest BCUT2D eigenvalue weighted by molar-refractivity contribution is 0.154. The lowest BCUT2D eigenvalue weighted by atomic mass is 10.1. The Balaban J connectivity index is 1.96. The number of hydrogen-bond acceptors (Lipinski definition) is 5. The van der Waals surface area contributed by atoms with Crippen LogP contribution in [0.3, 0.4) is 0 Å². The van der Waals surface area contributed by atoms with Crippen LogP contribution in [0.4, 0.5) is 0 Å². The van der Waals surface area contributed by atoms with Crippen molar-refractivity contribution in [3.63, 3.8) is 0 Å². The van der Waals surface area contributed by atoms with E-state index in [1.807, 2.05) is 0 Å². The van der Waals surface area contributed by atoms with Gasteiger partial charge in [-0.3, -0.25) is 0 Å². The summed E-state index contributed by atoms with van der Waals surface area (Å²) in [6.07, 6.45) is 0.494. The zero-order valence-corrected chi connectivity index (χ0v) is 8.50. The molecule has 6 heteroatoms. The lowest BCUT2D eigenvalue weighted by Gasteiger charge is -2.13. The number of nitrogens with one attached hydrogen (secondary N) is 1. The van der Waals surface area contributed by atoms with Crippen molar-refractivity contribution in [3.8, 4) is 0 Å². The predicted octanol–water partition coefficient (Wildman–Crippen LogP) is -0.221. The van der Waals surface area contributed by atoms with E-state index in [-0.39, 0.29) is 12.1 Å². The molecule has 2 N–H and O–H groups in total. The number of aromatic nitrogens is 3. The molecule has 2 aliphatic heterocycles.